The van der Waals surface area contributed by atoms with Crippen LogP contribution in [0.4, 0.5) is 11.8 Å². The first-order valence-electron chi connectivity index (χ1n) is 9.99. The highest BCUT2D eigenvalue weighted by atomic mass is 32.2. The van der Waals surface area contributed by atoms with Crippen LogP contribution in [0, 0.1) is 6.92 Å². The van der Waals surface area contributed by atoms with Crippen LogP contribution >= 0.6 is 0 Å². The Morgan fingerprint density at radius 3 is 2.57 bits per heavy atom. The summed E-state index contributed by atoms with van der Waals surface area (Å²) in [6.07, 6.45) is 4.89. The van der Waals surface area contributed by atoms with Gasteiger partial charge in [-0.25, -0.2) is 15.0 Å². The number of aromatic nitrogens is 5. The smallest absolute Gasteiger partial charge is 0.223 e. The molecule has 0 aromatic carbocycles. The molecule has 0 amide bonds. The van der Waals surface area contributed by atoms with Crippen LogP contribution in [0.3, 0.4) is 0 Å². The van der Waals surface area contributed by atoms with E-state index in [4.69, 9.17) is 9.72 Å². The van der Waals surface area contributed by atoms with E-state index in [0.29, 0.717) is 30.6 Å². The van der Waals surface area contributed by atoms with Gasteiger partial charge in [0.15, 0.2) is 11.4 Å². The zero-order valence-corrected chi connectivity index (χ0v) is 19.0. The predicted octanol–water partition coefficient (Wildman–Crippen LogP) is 2.28. The minimum Gasteiger partial charge on any atom is -0.616 e. The molecule has 0 aliphatic carbocycles. The van der Waals surface area contributed by atoms with Crippen molar-refractivity contribution in [2.45, 2.75) is 27.3 Å². The summed E-state index contributed by atoms with van der Waals surface area (Å²) in [5.41, 5.74) is 2.90. The fraction of sp³-hybridized carbons (Fsp3) is 0.500. The van der Waals surface area contributed by atoms with Crippen LogP contribution in [-0.2, 0) is 24.8 Å². The maximum absolute atomic E-state index is 11.1. The molecule has 10 heteroatoms. The molecule has 0 aliphatic rings. The van der Waals surface area contributed by atoms with Crippen molar-refractivity contribution in [3.8, 4) is 5.75 Å². The normalized spacial score (nSPS) is 12.2. The Balaban J connectivity index is 1.77. The lowest BCUT2D eigenvalue weighted by Crippen LogP contribution is -2.25. The third-order valence-electron chi connectivity index (χ3n) is 4.82. The van der Waals surface area contributed by atoms with Crippen LogP contribution in [-0.4, -0.2) is 61.0 Å². The number of nitrogens with one attached hydrogen (secondary N) is 1. The van der Waals surface area contributed by atoms with Crippen LogP contribution in [0.25, 0.3) is 11.0 Å². The van der Waals surface area contributed by atoms with E-state index in [9.17, 15) is 4.55 Å². The Bertz CT molecular complexity index is 971. The highest BCUT2D eigenvalue weighted by Gasteiger charge is 2.16. The molecule has 1 atom stereocenters. The molecule has 0 spiro atoms. The van der Waals surface area contributed by atoms with Crippen LogP contribution in [0.5, 0.6) is 5.75 Å². The molecule has 0 radical (unpaired) electrons. The minimum absolute atomic E-state index is 0.378. The fourth-order valence-electron chi connectivity index (χ4n) is 3.24. The van der Waals surface area contributed by atoms with Gasteiger partial charge < -0.3 is 19.5 Å². The van der Waals surface area contributed by atoms with E-state index in [1.54, 1.807) is 18.6 Å². The second-order valence-electron chi connectivity index (χ2n) is 6.95. The number of pyridine rings is 1. The van der Waals surface area contributed by atoms with E-state index in [1.165, 1.54) is 0 Å². The van der Waals surface area contributed by atoms with Gasteiger partial charge in [0.25, 0.3) is 0 Å². The molecule has 1 N–H and O–H groups in total. The second-order valence-corrected chi connectivity index (χ2v) is 8.50. The zero-order valence-electron chi connectivity index (χ0n) is 18.2. The van der Waals surface area contributed by atoms with E-state index >= 15 is 0 Å². The largest absolute Gasteiger partial charge is 0.616 e. The number of hydrogen-bond acceptors (Lipinski definition) is 8. The first-order chi connectivity index (χ1) is 14.4. The maximum atomic E-state index is 11.1. The molecule has 1 unspecified atom stereocenters. The minimum atomic E-state index is -0.880. The molecule has 30 heavy (non-hydrogen) atoms. The SMILES string of the molecule is CCN(CC)c1nc2c(cc1CNc1ncc(OCC[S+](C)[O-])cn1)c(C)nn2C. The second kappa shape index (κ2) is 9.94. The number of rotatable bonds is 10. The molecule has 3 aromatic rings. The lowest BCUT2D eigenvalue weighted by Gasteiger charge is -2.23. The Hall–Kier alpha value is -2.59. The summed E-state index contributed by atoms with van der Waals surface area (Å²) in [5, 5.41) is 8.83. The van der Waals surface area contributed by atoms with Gasteiger partial charge in [0.1, 0.15) is 18.2 Å². The molecule has 3 rings (SSSR count). The molecule has 9 nitrogen and oxygen atoms in total. The number of nitrogens with zero attached hydrogens (tertiary/aromatic N) is 6. The van der Waals surface area contributed by atoms with Crippen LogP contribution in [0.2, 0.25) is 0 Å². The summed E-state index contributed by atoms with van der Waals surface area (Å²) in [5.74, 6) is 2.49. The van der Waals surface area contributed by atoms with E-state index in [-0.39, 0.29) is 0 Å². The number of fused-ring (bicyclic) bond motifs is 1. The topological polar surface area (TPSA) is 104 Å². The van der Waals surface area contributed by atoms with Gasteiger partial charge in [0.2, 0.25) is 5.95 Å². The van der Waals surface area contributed by atoms with E-state index < -0.39 is 11.2 Å². The summed E-state index contributed by atoms with van der Waals surface area (Å²) in [7, 11) is 1.92. The number of anilines is 2. The summed E-state index contributed by atoms with van der Waals surface area (Å²) >= 11 is -0.880. The van der Waals surface area contributed by atoms with Crippen molar-refractivity contribution in [1.82, 2.24) is 24.7 Å². The number of hydrogen-bond donors (Lipinski definition) is 1. The highest BCUT2D eigenvalue weighted by Crippen LogP contribution is 2.26. The van der Waals surface area contributed by atoms with E-state index in [2.05, 4.69) is 45.2 Å². The molecule has 0 aliphatic heterocycles. The molecular weight excluding hydrogens is 402 g/mol. The Labute approximate surface area is 180 Å². The fourth-order valence-corrected chi connectivity index (χ4v) is 3.55. The molecule has 0 saturated carbocycles. The molecule has 0 saturated heterocycles. The van der Waals surface area contributed by atoms with Crippen LogP contribution in [0.15, 0.2) is 18.5 Å². The predicted molar refractivity (Wildman–Crippen MR) is 121 cm³/mol. The third kappa shape index (κ3) is 5.11. The average molecular weight is 432 g/mol. The van der Waals surface area contributed by atoms with Crippen LogP contribution in [0.1, 0.15) is 25.1 Å². The van der Waals surface area contributed by atoms with Gasteiger partial charge in [0, 0.05) is 37.6 Å². The van der Waals surface area contributed by atoms with Crippen molar-refractivity contribution >= 4 is 34.0 Å². The van der Waals surface area contributed by atoms with Gasteiger partial charge in [-0.3, -0.25) is 4.68 Å². The zero-order chi connectivity index (χ0) is 21.7. The van der Waals surface area contributed by atoms with E-state index in [1.807, 2.05) is 18.7 Å². The van der Waals surface area contributed by atoms with Crippen molar-refractivity contribution in [2.75, 3.05) is 41.9 Å². The van der Waals surface area contributed by atoms with Crippen molar-refractivity contribution in [2.24, 2.45) is 7.05 Å². The highest BCUT2D eigenvalue weighted by molar-refractivity contribution is 7.90. The summed E-state index contributed by atoms with van der Waals surface area (Å²) in [6, 6.07) is 2.15. The van der Waals surface area contributed by atoms with Gasteiger partial charge in [-0.1, -0.05) is 11.2 Å². The van der Waals surface area contributed by atoms with Crippen molar-refractivity contribution in [1.29, 1.82) is 0 Å². The monoisotopic (exact) mass is 431 g/mol. The van der Waals surface area contributed by atoms with Gasteiger partial charge in [-0.05, 0) is 26.8 Å². The summed E-state index contributed by atoms with van der Waals surface area (Å²) < 4.78 is 18.4. The lowest BCUT2D eigenvalue weighted by molar-refractivity contribution is 0.338. The first-order valence-corrected chi connectivity index (χ1v) is 11.7. The number of aryl methyl sites for hydroxylation is 2. The Kier molecular flexibility index (Phi) is 7.33. The molecule has 0 bridgehead atoms. The number of ether oxygens (including phenoxy) is 1. The Morgan fingerprint density at radius 1 is 1.23 bits per heavy atom. The quantitative estimate of drug-likeness (QED) is 0.488. The standard InChI is InChI=1S/C20H29N7O2S/c1-6-27(7-2)18-15(10-17-14(3)25-26(4)19(17)24-18)11-21-20-22-12-16(13-23-20)29-8-9-30(5)28/h10,12-13H,6-9,11H2,1-5H3,(H,21,22,23). The summed E-state index contributed by atoms with van der Waals surface area (Å²) in [4.78, 5) is 15.8. The molecule has 3 aromatic heterocycles. The van der Waals surface area contributed by atoms with E-state index in [0.717, 1.165) is 41.2 Å². The molecule has 162 valence electrons. The van der Waals surface area contributed by atoms with Crippen LogP contribution < -0.4 is 15.0 Å². The van der Waals surface area contributed by atoms with Gasteiger partial charge >= 0.3 is 0 Å². The maximum Gasteiger partial charge on any atom is 0.223 e. The molecule has 3 heterocycles. The first kappa shape index (κ1) is 22.1. The lowest BCUT2D eigenvalue weighted by atomic mass is 10.1. The van der Waals surface area contributed by atoms with Crippen molar-refractivity contribution < 1.29 is 9.29 Å². The van der Waals surface area contributed by atoms with Crippen molar-refractivity contribution in [3.63, 3.8) is 0 Å². The molecular formula is C20H29N7O2S. The van der Waals surface area contributed by atoms with Gasteiger partial charge in [0.05, 0.1) is 24.3 Å². The Morgan fingerprint density at radius 2 is 1.93 bits per heavy atom. The molecule has 0 fully saturated rings. The van der Waals surface area contributed by atoms with Gasteiger partial charge in [-0.2, -0.15) is 5.10 Å². The van der Waals surface area contributed by atoms with Gasteiger partial charge in [-0.15, -0.1) is 0 Å². The third-order valence-corrected chi connectivity index (χ3v) is 5.56. The van der Waals surface area contributed by atoms with Crippen molar-refractivity contribution in [3.05, 3.63) is 29.7 Å². The summed E-state index contributed by atoms with van der Waals surface area (Å²) in [6.45, 7) is 8.89. The average Bonchev–Trinajstić information content (AvgIpc) is 3.01.